The van der Waals surface area contributed by atoms with Crippen LogP contribution < -0.4 is 0 Å². The number of aliphatic hydroxyl groups excluding tert-OH is 3. The summed E-state index contributed by atoms with van der Waals surface area (Å²) in [4.78, 5) is 10.4. The highest BCUT2D eigenvalue weighted by atomic mass is 16.5. The van der Waals surface area contributed by atoms with Crippen LogP contribution in [0.5, 0.6) is 0 Å². The summed E-state index contributed by atoms with van der Waals surface area (Å²) in [6, 6.07) is 0. The van der Waals surface area contributed by atoms with Crippen LogP contribution in [0.3, 0.4) is 0 Å². The Morgan fingerprint density at radius 1 is 1.60 bits per heavy atom. The van der Waals surface area contributed by atoms with Crippen molar-refractivity contribution in [1.29, 1.82) is 0 Å². The maximum absolute atomic E-state index is 10.4. The number of rotatable bonds is 3. The molecule has 0 aromatic heterocycles. The van der Waals surface area contributed by atoms with Crippen molar-refractivity contribution in [3.8, 4) is 0 Å². The fourth-order valence-corrected chi connectivity index (χ4v) is 0.378. The zero-order chi connectivity index (χ0) is 8.15. The second-order valence-corrected chi connectivity index (χ2v) is 1.72. The van der Waals surface area contributed by atoms with Gasteiger partial charge >= 0.3 is 5.97 Å². The molecule has 60 valence electrons. The van der Waals surface area contributed by atoms with Crippen LogP contribution >= 0.6 is 0 Å². The molecule has 0 aromatic carbocycles. The molecular formula is C5H10O5. The monoisotopic (exact) mass is 150 g/mol. The Balaban J connectivity index is 3.81. The van der Waals surface area contributed by atoms with Crippen LogP contribution in [-0.4, -0.2) is 47.2 Å². The largest absolute Gasteiger partial charge is 0.467 e. The summed E-state index contributed by atoms with van der Waals surface area (Å²) in [6.07, 6.45) is -3.12. The Hall–Kier alpha value is -0.650. The van der Waals surface area contributed by atoms with Gasteiger partial charge in [0, 0.05) is 0 Å². The standard InChI is InChI=1S/C5H10O5/c1-10-5(9)4(8)3(7)2-6/h3-4,6-8H,2H2,1H3/t3-,4-/m1/s1. The van der Waals surface area contributed by atoms with E-state index in [1.54, 1.807) is 0 Å². The van der Waals surface area contributed by atoms with Gasteiger partial charge in [-0.2, -0.15) is 0 Å². The molecule has 0 heterocycles. The van der Waals surface area contributed by atoms with Gasteiger partial charge in [0.05, 0.1) is 13.7 Å². The third kappa shape index (κ3) is 2.30. The summed E-state index contributed by atoms with van der Waals surface area (Å²) in [5.41, 5.74) is 0. The molecule has 2 atom stereocenters. The van der Waals surface area contributed by atoms with Crippen LogP contribution in [0.4, 0.5) is 0 Å². The lowest BCUT2D eigenvalue weighted by Gasteiger charge is -2.11. The minimum absolute atomic E-state index is 0.670. The Morgan fingerprint density at radius 2 is 2.10 bits per heavy atom. The van der Waals surface area contributed by atoms with Gasteiger partial charge in [0.25, 0.3) is 0 Å². The Kier molecular flexibility index (Phi) is 3.94. The number of ether oxygens (including phenoxy) is 1. The summed E-state index contributed by atoms with van der Waals surface area (Å²) < 4.78 is 4.07. The molecule has 0 fully saturated rings. The van der Waals surface area contributed by atoms with Gasteiger partial charge in [-0.25, -0.2) is 4.79 Å². The Labute approximate surface area is 57.9 Å². The van der Waals surface area contributed by atoms with E-state index < -0.39 is 24.8 Å². The predicted molar refractivity (Wildman–Crippen MR) is 31.1 cm³/mol. The van der Waals surface area contributed by atoms with E-state index in [4.69, 9.17) is 15.3 Å². The number of aliphatic hydroxyl groups is 3. The van der Waals surface area contributed by atoms with Crippen LogP contribution in [0.15, 0.2) is 0 Å². The number of hydrogen-bond donors (Lipinski definition) is 3. The molecule has 0 radical (unpaired) electrons. The minimum atomic E-state index is -1.66. The van der Waals surface area contributed by atoms with E-state index in [2.05, 4.69) is 4.74 Å². The lowest BCUT2D eigenvalue weighted by atomic mass is 10.2. The van der Waals surface area contributed by atoms with E-state index in [0.29, 0.717) is 0 Å². The lowest BCUT2D eigenvalue weighted by Crippen LogP contribution is -2.37. The van der Waals surface area contributed by atoms with E-state index in [1.807, 2.05) is 0 Å². The highest BCUT2D eigenvalue weighted by Crippen LogP contribution is 1.93. The third-order valence-electron chi connectivity index (χ3n) is 0.994. The van der Waals surface area contributed by atoms with Gasteiger partial charge in [-0.15, -0.1) is 0 Å². The van der Waals surface area contributed by atoms with Gasteiger partial charge in [0.1, 0.15) is 6.10 Å². The van der Waals surface area contributed by atoms with Gasteiger partial charge in [-0.3, -0.25) is 0 Å². The fraction of sp³-hybridized carbons (Fsp3) is 0.800. The first kappa shape index (κ1) is 9.35. The van der Waals surface area contributed by atoms with Crippen LogP contribution in [0.2, 0.25) is 0 Å². The molecule has 0 saturated heterocycles. The van der Waals surface area contributed by atoms with Crippen LogP contribution in [0.25, 0.3) is 0 Å². The highest BCUT2D eigenvalue weighted by molar-refractivity contribution is 5.74. The van der Waals surface area contributed by atoms with Crippen molar-refractivity contribution in [3.63, 3.8) is 0 Å². The molecule has 0 spiro atoms. The zero-order valence-electron chi connectivity index (χ0n) is 5.52. The summed E-state index contributed by atoms with van der Waals surface area (Å²) in [5.74, 6) is -0.957. The first-order valence-electron chi connectivity index (χ1n) is 2.68. The second-order valence-electron chi connectivity index (χ2n) is 1.72. The number of carbonyl (C=O) groups excluding carboxylic acids is 1. The Morgan fingerprint density at radius 3 is 2.40 bits per heavy atom. The smallest absolute Gasteiger partial charge is 0.337 e. The topological polar surface area (TPSA) is 87.0 Å². The molecule has 0 aliphatic heterocycles. The van der Waals surface area contributed by atoms with Gasteiger partial charge in [-0.1, -0.05) is 0 Å². The quantitative estimate of drug-likeness (QED) is 0.400. The molecule has 5 nitrogen and oxygen atoms in total. The van der Waals surface area contributed by atoms with Gasteiger partial charge in [0.2, 0.25) is 0 Å². The van der Waals surface area contributed by atoms with E-state index in [1.165, 1.54) is 0 Å². The number of carbonyl (C=O) groups is 1. The third-order valence-corrected chi connectivity index (χ3v) is 0.994. The maximum atomic E-state index is 10.4. The number of methoxy groups -OCH3 is 1. The summed E-state index contributed by atoms with van der Waals surface area (Å²) in [6.45, 7) is -0.670. The molecule has 0 amide bonds. The van der Waals surface area contributed by atoms with Crippen molar-refractivity contribution in [2.75, 3.05) is 13.7 Å². The van der Waals surface area contributed by atoms with Gasteiger partial charge in [-0.05, 0) is 0 Å². The van der Waals surface area contributed by atoms with Crippen molar-refractivity contribution in [2.24, 2.45) is 0 Å². The van der Waals surface area contributed by atoms with Crippen LogP contribution in [0.1, 0.15) is 0 Å². The van der Waals surface area contributed by atoms with E-state index in [-0.39, 0.29) is 0 Å². The fourth-order valence-electron chi connectivity index (χ4n) is 0.378. The molecule has 0 saturated carbocycles. The molecule has 0 aliphatic rings. The molecule has 0 bridgehead atoms. The Bertz CT molecular complexity index is 113. The average Bonchev–Trinajstić information content (AvgIpc) is 2.00. The van der Waals surface area contributed by atoms with Crippen molar-refractivity contribution in [2.45, 2.75) is 12.2 Å². The molecule has 0 aliphatic carbocycles. The second kappa shape index (κ2) is 4.21. The maximum Gasteiger partial charge on any atom is 0.337 e. The van der Waals surface area contributed by atoms with Crippen LogP contribution in [0, 0.1) is 0 Å². The van der Waals surface area contributed by atoms with Crippen molar-refractivity contribution < 1.29 is 24.9 Å². The van der Waals surface area contributed by atoms with Crippen molar-refractivity contribution >= 4 is 5.97 Å². The van der Waals surface area contributed by atoms with E-state index in [9.17, 15) is 4.79 Å². The first-order chi connectivity index (χ1) is 4.63. The summed E-state index contributed by atoms with van der Waals surface area (Å²) >= 11 is 0. The van der Waals surface area contributed by atoms with E-state index >= 15 is 0 Å². The predicted octanol–water partition coefficient (Wildman–Crippen LogP) is -2.13. The SMILES string of the molecule is COC(=O)[C@H](O)[C@H](O)CO. The first-order valence-corrected chi connectivity index (χ1v) is 2.68. The van der Waals surface area contributed by atoms with E-state index in [0.717, 1.165) is 7.11 Å². The number of hydrogen-bond acceptors (Lipinski definition) is 5. The summed E-state index contributed by atoms with van der Waals surface area (Å²) in [7, 11) is 1.08. The normalized spacial score (nSPS) is 16.0. The highest BCUT2D eigenvalue weighted by Gasteiger charge is 2.23. The van der Waals surface area contributed by atoms with Gasteiger partial charge < -0.3 is 20.1 Å². The molecule has 0 rings (SSSR count). The lowest BCUT2D eigenvalue weighted by molar-refractivity contribution is -0.158. The molecule has 10 heavy (non-hydrogen) atoms. The molecule has 5 heteroatoms. The zero-order valence-corrected chi connectivity index (χ0v) is 5.52. The van der Waals surface area contributed by atoms with Crippen LogP contribution in [-0.2, 0) is 9.53 Å². The molecule has 3 N–H and O–H groups in total. The molecular weight excluding hydrogens is 140 g/mol. The molecule has 0 aromatic rings. The van der Waals surface area contributed by atoms with Crippen molar-refractivity contribution in [1.82, 2.24) is 0 Å². The van der Waals surface area contributed by atoms with Crippen molar-refractivity contribution in [3.05, 3.63) is 0 Å². The van der Waals surface area contributed by atoms with Gasteiger partial charge in [0.15, 0.2) is 6.10 Å². The average molecular weight is 150 g/mol. The minimum Gasteiger partial charge on any atom is -0.467 e. The number of esters is 1. The summed E-state index contributed by atoms with van der Waals surface area (Å²) in [5, 5.41) is 25.6. The molecule has 0 unspecified atom stereocenters.